The lowest BCUT2D eigenvalue weighted by Crippen LogP contribution is -2.44. The van der Waals surface area contributed by atoms with E-state index in [1.165, 1.54) is 24.2 Å². The summed E-state index contributed by atoms with van der Waals surface area (Å²) >= 11 is 1.23. The highest BCUT2D eigenvalue weighted by Gasteiger charge is 2.34. The molecule has 2 atom stereocenters. The number of likely N-dealkylation sites (tertiary alicyclic amines) is 1. The molecule has 2 unspecified atom stereocenters. The zero-order valence-corrected chi connectivity index (χ0v) is 11.0. The number of hydrogen-bond donors (Lipinski definition) is 1. The first-order chi connectivity index (χ1) is 8.74. The lowest BCUT2D eigenvalue weighted by Gasteiger charge is -2.36. The molecule has 0 saturated carbocycles. The van der Waals surface area contributed by atoms with Gasteiger partial charge in [0.2, 0.25) is 0 Å². The van der Waals surface area contributed by atoms with Crippen LogP contribution in [-0.4, -0.2) is 35.5 Å². The average Bonchev–Trinajstić information content (AvgIpc) is 2.97. The van der Waals surface area contributed by atoms with Gasteiger partial charge in [-0.2, -0.15) is 0 Å². The van der Waals surface area contributed by atoms with Crippen LogP contribution in [0.5, 0.6) is 0 Å². The van der Waals surface area contributed by atoms with E-state index in [-0.39, 0.29) is 9.92 Å². The van der Waals surface area contributed by atoms with E-state index in [0.29, 0.717) is 6.04 Å². The molecular formula is C12H17N3O2S. The third-order valence-electron chi connectivity index (χ3n) is 4.00. The van der Waals surface area contributed by atoms with Crippen molar-refractivity contribution in [2.24, 2.45) is 5.92 Å². The van der Waals surface area contributed by atoms with Gasteiger partial charge in [0.25, 0.3) is 0 Å². The van der Waals surface area contributed by atoms with Gasteiger partial charge in [-0.25, -0.2) is 0 Å². The number of nitrogens with one attached hydrogen (secondary N) is 1. The van der Waals surface area contributed by atoms with E-state index in [1.807, 2.05) is 5.38 Å². The molecule has 18 heavy (non-hydrogen) atoms. The number of nitro groups is 1. The minimum atomic E-state index is -0.301. The standard InChI is InChI=1S/C12H17N3O2S/c16-15(17)12-4-9(8-18-12)7-14-3-1-2-10-5-13-6-11(10)14/h4,8,10-11,13H,1-3,5-7H2. The van der Waals surface area contributed by atoms with E-state index in [0.717, 1.165) is 37.7 Å². The van der Waals surface area contributed by atoms with Gasteiger partial charge in [0, 0.05) is 30.6 Å². The second kappa shape index (κ2) is 4.95. The molecule has 0 bridgehead atoms. The molecule has 2 aliphatic heterocycles. The van der Waals surface area contributed by atoms with Gasteiger partial charge in [-0.15, -0.1) is 0 Å². The molecule has 6 heteroatoms. The van der Waals surface area contributed by atoms with E-state index in [1.54, 1.807) is 6.07 Å². The Kier molecular flexibility index (Phi) is 3.32. The number of rotatable bonds is 3. The Bertz CT molecular complexity index is 448. The lowest BCUT2D eigenvalue weighted by atomic mass is 9.92. The molecule has 0 aromatic carbocycles. The summed E-state index contributed by atoms with van der Waals surface area (Å²) in [6.07, 6.45) is 2.56. The highest BCUT2D eigenvalue weighted by molar-refractivity contribution is 7.13. The van der Waals surface area contributed by atoms with Crippen LogP contribution >= 0.6 is 11.3 Å². The Hall–Kier alpha value is -0.980. The minimum absolute atomic E-state index is 0.253. The van der Waals surface area contributed by atoms with Crippen LogP contribution in [0, 0.1) is 16.0 Å². The summed E-state index contributed by atoms with van der Waals surface area (Å²) in [5.74, 6) is 0.771. The maximum atomic E-state index is 10.7. The summed E-state index contributed by atoms with van der Waals surface area (Å²) in [7, 11) is 0. The molecule has 0 spiro atoms. The third-order valence-corrected chi connectivity index (χ3v) is 4.93. The molecule has 0 radical (unpaired) electrons. The van der Waals surface area contributed by atoms with E-state index in [4.69, 9.17) is 0 Å². The van der Waals surface area contributed by atoms with Crippen LogP contribution in [0.15, 0.2) is 11.4 Å². The monoisotopic (exact) mass is 267 g/mol. The molecule has 5 nitrogen and oxygen atoms in total. The first kappa shape index (κ1) is 12.1. The predicted molar refractivity (Wildman–Crippen MR) is 70.8 cm³/mol. The first-order valence-electron chi connectivity index (χ1n) is 6.40. The molecule has 2 saturated heterocycles. The van der Waals surface area contributed by atoms with Crippen LogP contribution in [0.25, 0.3) is 0 Å². The minimum Gasteiger partial charge on any atom is -0.315 e. The van der Waals surface area contributed by atoms with Crippen molar-refractivity contribution in [2.45, 2.75) is 25.4 Å². The van der Waals surface area contributed by atoms with Crippen molar-refractivity contribution < 1.29 is 4.92 Å². The number of piperidine rings is 1. The molecule has 1 aromatic heterocycles. The first-order valence-corrected chi connectivity index (χ1v) is 7.28. The van der Waals surface area contributed by atoms with Crippen LogP contribution in [0.2, 0.25) is 0 Å². The number of nitrogens with zero attached hydrogens (tertiary/aromatic N) is 2. The molecule has 3 rings (SSSR count). The van der Waals surface area contributed by atoms with Crippen molar-refractivity contribution in [3.05, 3.63) is 27.1 Å². The molecule has 2 fully saturated rings. The van der Waals surface area contributed by atoms with Gasteiger partial charge in [-0.1, -0.05) is 11.3 Å². The van der Waals surface area contributed by atoms with Crippen LogP contribution in [0.3, 0.4) is 0 Å². The normalized spacial score (nSPS) is 28.2. The van der Waals surface area contributed by atoms with Gasteiger partial charge in [-0.05, 0) is 37.4 Å². The summed E-state index contributed by atoms with van der Waals surface area (Å²) in [4.78, 5) is 12.9. The highest BCUT2D eigenvalue weighted by atomic mass is 32.1. The quantitative estimate of drug-likeness (QED) is 0.670. The van der Waals surface area contributed by atoms with E-state index < -0.39 is 0 Å². The van der Waals surface area contributed by atoms with Crippen LogP contribution in [0.4, 0.5) is 5.00 Å². The van der Waals surface area contributed by atoms with Crippen molar-refractivity contribution in [3.63, 3.8) is 0 Å². The van der Waals surface area contributed by atoms with Gasteiger partial charge in [0.1, 0.15) is 0 Å². The second-order valence-corrected chi connectivity index (χ2v) is 6.04. The average molecular weight is 267 g/mol. The molecule has 0 aliphatic carbocycles. The fourth-order valence-electron chi connectivity index (χ4n) is 3.14. The SMILES string of the molecule is O=[N+]([O-])c1cc(CN2CCCC3CNCC32)cs1. The maximum absolute atomic E-state index is 10.7. The number of fused-ring (bicyclic) bond motifs is 1. The Morgan fingerprint density at radius 1 is 1.56 bits per heavy atom. The highest BCUT2D eigenvalue weighted by Crippen LogP contribution is 2.29. The molecular weight excluding hydrogens is 250 g/mol. The van der Waals surface area contributed by atoms with Crippen molar-refractivity contribution in [2.75, 3.05) is 19.6 Å². The van der Waals surface area contributed by atoms with Gasteiger partial charge in [0.05, 0.1) is 4.92 Å². The lowest BCUT2D eigenvalue weighted by molar-refractivity contribution is -0.380. The largest absolute Gasteiger partial charge is 0.324 e. The Labute approximate surface area is 110 Å². The number of thiophene rings is 1. The molecule has 0 amide bonds. The fraction of sp³-hybridized carbons (Fsp3) is 0.667. The second-order valence-electron chi connectivity index (χ2n) is 5.15. The molecule has 1 aromatic rings. The zero-order chi connectivity index (χ0) is 12.5. The van der Waals surface area contributed by atoms with Crippen LogP contribution in [0.1, 0.15) is 18.4 Å². The summed E-state index contributed by atoms with van der Waals surface area (Å²) in [6.45, 7) is 4.17. The van der Waals surface area contributed by atoms with Gasteiger partial charge in [-0.3, -0.25) is 15.0 Å². The predicted octanol–water partition coefficient (Wildman–Crippen LogP) is 1.84. The van der Waals surface area contributed by atoms with Gasteiger partial charge >= 0.3 is 5.00 Å². The zero-order valence-electron chi connectivity index (χ0n) is 10.2. The number of hydrogen-bond acceptors (Lipinski definition) is 5. The summed E-state index contributed by atoms with van der Waals surface area (Å²) in [6, 6.07) is 2.34. The van der Waals surface area contributed by atoms with Crippen molar-refractivity contribution in [3.8, 4) is 0 Å². The van der Waals surface area contributed by atoms with Crippen LogP contribution < -0.4 is 5.32 Å². The summed E-state index contributed by atoms with van der Waals surface area (Å²) in [5, 5.41) is 16.3. The third kappa shape index (κ3) is 2.28. The van der Waals surface area contributed by atoms with Crippen molar-refractivity contribution in [1.29, 1.82) is 0 Å². The van der Waals surface area contributed by atoms with Gasteiger partial charge in [0.15, 0.2) is 0 Å². The molecule has 3 heterocycles. The molecule has 1 N–H and O–H groups in total. The topological polar surface area (TPSA) is 58.4 Å². The van der Waals surface area contributed by atoms with Crippen molar-refractivity contribution >= 4 is 16.3 Å². The van der Waals surface area contributed by atoms with Crippen molar-refractivity contribution in [1.82, 2.24) is 10.2 Å². The molecule has 2 aliphatic rings. The molecule has 98 valence electrons. The summed E-state index contributed by atoms with van der Waals surface area (Å²) < 4.78 is 0. The Balaban J connectivity index is 1.69. The van der Waals surface area contributed by atoms with E-state index >= 15 is 0 Å². The Morgan fingerprint density at radius 2 is 2.44 bits per heavy atom. The Morgan fingerprint density at radius 3 is 3.22 bits per heavy atom. The van der Waals surface area contributed by atoms with E-state index in [2.05, 4.69) is 10.2 Å². The fourth-order valence-corrected chi connectivity index (χ4v) is 3.86. The van der Waals surface area contributed by atoms with Crippen LogP contribution in [-0.2, 0) is 6.54 Å². The van der Waals surface area contributed by atoms with E-state index in [9.17, 15) is 10.1 Å². The smallest absolute Gasteiger partial charge is 0.315 e. The summed E-state index contributed by atoms with van der Waals surface area (Å²) in [5.41, 5.74) is 1.08. The maximum Gasteiger partial charge on any atom is 0.324 e. The van der Waals surface area contributed by atoms with Gasteiger partial charge < -0.3 is 5.32 Å².